The van der Waals surface area contributed by atoms with E-state index in [1.165, 1.54) is 12.1 Å². The molecule has 0 N–H and O–H groups in total. The lowest BCUT2D eigenvalue weighted by Crippen LogP contribution is -1.98. The third kappa shape index (κ3) is 2.91. The van der Waals surface area contributed by atoms with Crippen LogP contribution in [0.4, 0.5) is 4.39 Å². The Morgan fingerprint density at radius 3 is 2.94 bits per heavy atom. The first-order chi connectivity index (χ1) is 8.20. The van der Waals surface area contributed by atoms with Crippen molar-refractivity contribution in [1.29, 1.82) is 0 Å². The second-order valence-corrected chi connectivity index (χ2v) is 4.44. The SMILES string of the molecule is CCOc1ccnc(-c2cc(F)ccc2I)n1. The van der Waals surface area contributed by atoms with Crippen molar-refractivity contribution in [1.82, 2.24) is 9.97 Å². The summed E-state index contributed by atoms with van der Waals surface area (Å²) in [6.07, 6.45) is 1.61. The molecule has 0 aliphatic rings. The van der Waals surface area contributed by atoms with Crippen LogP contribution in [0.1, 0.15) is 6.92 Å². The van der Waals surface area contributed by atoms with Gasteiger partial charge in [0.1, 0.15) is 5.82 Å². The van der Waals surface area contributed by atoms with Crippen LogP contribution >= 0.6 is 22.6 Å². The molecule has 0 spiro atoms. The van der Waals surface area contributed by atoms with Crippen molar-refractivity contribution < 1.29 is 9.13 Å². The van der Waals surface area contributed by atoms with Crippen LogP contribution in [0.5, 0.6) is 5.88 Å². The fourth-order valence-electron chi connectivity index (χ4n) is 1.37. The summed E-state index contributed by atoms with van der Waals surface area (Å²) >= 11 is 2.13. The van der Waals surface area contributed by atoms with Crippen LogP contribution in [0.2, 0.25) is 0 Å². The number of rotatable bonds is 3. The van der Waals surface area contributed by atoms with Crippen LogP contribution in [-0.2, 0) is 0 Å². The number of ether oxygens (including phenoxy) is 1. The predicted molar refractivity (Wildman–Crippen MR) is 71.3 cm³/mol. The quantitative estimate of drug-likeness (QED) is 0.802. The molecule has 0 amide bonds. The number of halogens is 2. The van der Waals surface area contributed by atoms with Crippen molar-refractivity contribution in [3.8, 4) is 17.3 Å². The standard InChI is InChI=1S/C12H10FIN2O/c1-2-17-11-5-6-15-12(16-11)9-7-8(13)3-4-10(9)14/h3-7H,2H2,1H3. The van der Waals surface area contributed by atoms with E-state index in [4.69, 9.17) is 4.74 Å². The van der Waals surface area contributed by atoms with Gasteiger partial charge in [0.25, 0.3) is 0 Å². The average molecular weight is 344 g/mol. The molecule has 0 aliphatic heterocycles. The minimum Gasteiger partial charge on any atom is -0.478 e. The van der Waals surface area contributed by atoms with Gasteiger partial charge in [-0.05, 0) is 47.7 Å². The molecule has 2 aromatic rings. The van der Waals surface area contributed by atoms with Crippen LogP contribution in [0.15, 0.2) is 30.5 Å². The highest BCUT2D eigenvalue weighted by Gasteiger charge is 2.08. The average Bonchev–Trinajstić information content (AvgIpc) is 2.33. The molecule has 0 aliphatic carbocycles. The molecule has 5 heteroatoms. The molecule has 0 radical (unpaired) electrons. The van der Waals surface area contributed by atoms with Crippen molar-refractivity contribution in [3.05, 3.63) is 39.8 Å². The fourth-order valence-corrected chi connectivity index (χ4v) is 1.95. The van der Waals surface area contributed by atoms with Gasteiger partial charge in [-0.25, -0.2) is 9.37 Å². The van der Waals surface area contributed by atoms with Crippen LogP contribution in [0.25, 0.3) is 11.4 Å². The Hall–Kier alpha value is -1.24. The van der Waals surface area contributed by atoms with Gasteiger partial charge < -0.3 is 4.74 Å². The molecule has 2 rings (SSSR count). The molecule has 0 atom stereocenters. The third-order valence-corrected chi connectivity index (χ3v) is 3.03. The maximum Gasteiger partial charge on any atom is 0.216 e. The Bertz CT molecular complexity index is 534. The zero-order valence-corrected chi connectivity index (χ0v) is 11.3. The van der Waals surface area contributed by atoms with Gasteiger partial charge in [0.15, 0.2) is 5.82 Å². The van der Waals surface area contributed by atoms with Crippen molar-refractivity contribution in [2.75, 3.05) is 6.61 Å². The van der Waals surface area contributed by atoms with Crippen molar-refractivity contribution >= 4 is 22.6 Å². The maximum absolute atomic E-state index is 13.2. The van der Waals surface area contributed by atoms with Crippen LogP contribution in [-0.4, -0.2) is 16.6 Å². The second kappa shape index (κ2) is 5.39. The fraction of sp³-hybridized carbons (Fsp3) is 0.167. The highest BCUT2D eigenvalue weighted by atomic mass is 127. The number of aromatic nitrogens is 2. The van der Waals surface area contributed by atoms with Gasteiger partial charge in [-0.15, -0.1) is 0 Å². The number of benzene rings is 1. The van der Waals surface area contributed by atoms with Crippen molar-refractivity contribution in [2.45, 2.75) is 6.92 Å². The summed E-state index contributed by atoms with van der Waals surface area (Å²) in [5.74, 6) is 0.670. The van der Waals surface area contributed by atoms with E-state index >= 15 is 0 Å². The molecule has 1 aromatic heterocycles. The Morgan fingerprint density at radius 2 is 2.18 bits per heavy atom. The van der Waals surface area contributed by atoms with Gasteiger partial charge >= 0.3 is 0 Å². The van der Waals surface area contributed by atoms with Gasteiger partial charge in [-0.2, -0.15) is 4.98 Å². The largest absolute Gasteiger partial charge is 0.478 e. The zero-order valence-electron chi connectivity index (χ0n) is 9.15. The number of nitrogens with zero attached hydrogens (tertiary/aromatic N) is 2. The van der Waals surface area contributed by atoms with E-state index < -0.39 is 0 Å². The van der Waals surface area contributed by atoms with E-state index in [-0.39, 0.29) is 5.82 Å². The third-order valence-electron chi connectivity index (χ3n) is 2.09. The Morgan fingerprint density at radius 1 is 1.35 bits per heavy atom. The summed E-state index contributed by atoms with van der Waals surface area (Å²) in [6, 6.07) is 6.21. The van der Waals surface area contributed by atoms with Crippen LogP contribution < -0.4 is 4.74 Å². The molecule has 0 fully saturated rings. The predicted octanol–water partition coefficient (Wildman–Crippen LogP) is 3.29. The maximum atomic E-state index is 13.2. The first-order valence-electron chi connectivity index (χ1n) is 5.12. The second-order valence-electron chi connectivity index (χ2n) is 3.28. The van der Waals surface area contributed by atoms with Crippen LogP contribution in [0.3, 0.4) is 0 Å². The van der Waals surface area contributed by atoms with Gasteiger partial charge in [0, 0.05) is 21.4 Å². The van der Waals surface area contributed by atoms with Crippen LogP contribution in [0, 0.1) is 9.39 Å². The molecule has 0 unspecified atom stereocenters. The van der Waals surface area contributed by atoms with Crippen molar-refractivity contribution in [3.63, 3.8) is 0 Å². The molecule has 1 heterocycles. The molecular weight excluding hydrogens is 334 g/mol. The summed E-state index contributed by atoms with van der Waals surface area (Å²) < 4.78 is 19.4. The van der Waals surface area contributed by atoms with E-state index in [2.05, 4.69) is 32.6 Å². The van der Waals surface area contributed by atoms with Gasteiger partial charge in [0.05, 0.1) is 6.61 Å². The lowest BCUT2D eigenvalue weighted by Gasteiger charge is -2.06. The lowest BCUT2D eigenvalue weighted by molar-refractivity contribution is 0.326. The summed E-state index contributed by atoms with van der Waals surface area (Å²) in [6.45, 7) is 2.42. The Balaban J connectivity index is 2.45. The molecule has 17 heavy (non-hydrogen) atoms. The minimum absolute atomic E-state index is 0.300. The van der Waals surface area contributed by atoms with Crippen molar-refractivity contribution in [2.24, 2.45) is 0 Å². The number of hydrogen-bond acceptors (Lipinski definition) is 3. The molecular formula is C12H10FIN2O. The van der Waals surface area contributed by atoms with Gasteiger partial charge in [-0.3, -0.25) is 0 Å². The zero-order chi connectivity index (χ0) is 12.3. The van der Waals surface area contributed by atoms with Gasteiger partial charge in [-0.1, -0.05) is 0 Å². The smallest absolute Gasteiger partial charge is 0.216 e. The molecule has 0 saturated heterocycles. The molecule has 88 valence electrons. The van der Waals surface area contributed by atoms with E-state index in [0.29, 0.717) is 23.9 Å². The van der Waals surface area contributed by atoms with E-state index in [0.717, 1.165) is 3.57 Å². The monoisotopic (exact) mass is 344 g/mol. The van der Waals surface area contributed by atoms with Gasteiger partial charge in [0.2, 0.25) is 5.88 Å². The molecule has 3 nitrogen and oxygen atoms in total. The number of hydrogen-bond donors (Lipinski definition) is 0. The lowest BCUT2D eigenvalue weighted by atomic mass is 10.2. The first-order valence-corrected chi connectivity index (χ1v) is 6.20. The summed E-state index contributed by atoms with van der Waals surface area (Å²) in [5, 5.41) is 0. The van der Waals surface area contributed by atoms with E-state index in [9.17, 15) is 4.39 Å². The van der Waals surface area contributed by atoms with E-state index in [1.54, 1.807) is 18.3 Å². The normalized spacial score (nSPS) is 10.3. The summed E-state index contributed by atoms with van der Waals surface area (Å²) in [4.78, 5) is 8.36. The highest BCUT2D eigenvalue weighted by Crippen LogP contribution is 2.24. The summed E-state index contributed by atoms with van der Waals surface area (Å²) in [5.41, 5.74) is 0.673. The minimum atomic E-state index is -0.300. The first kappa shape index (κ1) is 12.2. The van der Waals surface area contributed by atoms with E-state index in [1.807, 2.05) is 6.92 Å². The Kier molecular flexibility index (Phi) is 3.88. The Labute approximate surface area is 112 Å². The molecule has 1 aromatic carbocycles. The molecule has 0 saturated carbocycles. The highest BCUT2D eigenvalue weighted by molar-refractivity contribution is 14.1. The summed E-state index contributed by atoms with van der Waals surface area (Å²) in [7, 11) is 0. The molecule has 0 bridgehead atoms. The topological polar surface area (TPSA) is 35.0 Å².